The first-order valence-corrected chi connectivity index (χ1v) is 6.61. The summed E-state index contributed by atoms with van der Waals surface area (Å²) in [7, 11) is 3.82. The molecule has 0 fully saturated rings. The summed E-state index contributed by atoms with van der Waals surface area (Å²) in [6.45, 7) is 2.27. The Hall–Kier alpha value is -1.02. The zero-order valence-electron chi connectivity index (χ0n) is 11.1. The molecular formula is C15H23NO. The van der Waals surface area contributed by atoms with Crippen molar-refractivity contribution in [1.82, 2.24) is 5.32 Å². The molecule has 0 aromatic heterocycles. The number of hydrogen-bond acceptors (Lipinski definition) is 2. The summed E-state index contributed by atoms with van der Waals surface area (Å²) in [5.74, 6) is 1.76. The Morgan fingerprint density at radius 3 is 2.88 bits per heavy atom. The van der Waals surface area contributed by atoms with Crippen molar-refractivity contribution >= 4 is 0 Å². The van der Waals surface area contributed by atoms with Gasteiger partial charge in [-0.1, -0.05) is 13.0 Å². The van der Waals surface area contributed by atoms with E-state index >= 15 is 0 Å². The fourth-order valence-corrected chi connectivity index (χ4v) is 3.01. The molecule has 1 aliphatic carbocycles. The Morgan fingerprint density at radius 2 is 2.24 bits per heavy atom. The zero-order chi connectivity index (χ0) is 12.3. The van der Waals surface area contributed by atoms with Gasteiger partial charge in [-0.05, 0) is 61.9 Å². The molecule has 2 atom stereocenters. The van der Waals surface area contributed by atoms with Crippen molar-refractivity contribution in [2.24, 2.45) is 5.92 Å². The molecule has 2 rings (SSSR count). The van der Waals surface area contributed by atoms with Crippen LogP contribution >= 0.6 is 0 Å². The van der Waals surface area contributed by atoms with Crippen molar-refractivity contribution in [3.05, 3.63) is 29.3 Å². The lowest BCUT2D eigenvalue weighted by Crippen LogP contribution is -2.36. The number of benzene rings is 1. The van der Waals surface area contributed by atoms with Crippen LogP contribution in [0.25, 0.3) is 0 Å². The minimum absolute atomic E-state index is 0.648. The Bertz CT molecular complexity index is 371. The van der Waals surface area contributed by atoms with Crippen LogP contribution in [0.4, 0.5) is 0 Å². The molecule has 1 aromatic carbocycles. The van der Waals surface area contributed by atoms with Crippen LogP contribution in [-0.2, 0) is 12.8 Å². The van der Waals surface area contributed by atoms with Crippen LogP contribution in [0.15, 0.2) is 18.2 Å². The van der Waals surface area contributed by atoms with Crippen LogP contribution in [0, 0.1) is 5.92 Å². The maximum Gasteiger partial charge on any atom is 0.119 e. The number of fused-ring (bicyclic) bond motifs is 1. The fourth-order valence-electron chi connectivity index (χ4n) is 3.01. The summed E-state index contributed by atoms with van der Waals surface area (Å²) in [5.41, 5.74) is 2.99. The van der Waals surface area contributed by atoms with Gasteiger partial charge in [-0.2, -0.15) is 0 Å². The number of methoxy groups -OCH3 is 1. The van der Waals surface area contributed by atoms with Crippen LogP contribution in [0.2, 0.25) is 0 Å². The quantitative estimate of drug-likeness (QED) is 0.863. The zero-order valence-corrected chi connectivity index (χ0v) is 11.1. The average Bonchev–Trinajstić information content (AvgIpc) is 2.39. The van der Waals surface area contributed by atoms with Crippen molar-refractivity contribution in [3.8, 4) is 5.75 Å². The molecule has 0 amide bonds. The lowest BCUT2D eigenvalue weighted by atomic mass is 9.79. The van der Waals surface area contributed by atoms with Crippen molar-refractivity contribution in [3.63, 3.8) is 0 Å². The molecule has 0 radical (unpaired) electrons. The number of nitrogens with one attached hydrogen (secondary N) is 1. The fraction of sp³-hybridized carbons (Fsp3) is 0.600. The largest absolute Gasteiger partial charge is 0.497 e. The van der Waals surface area contributed by atoms with E-state index in [1.54, 1.807) is 7.11 Å². The second kappa shape index (κ2) is 5.54. The van der Waals surface area contributed by atoms with Crippen LogP contribution in [-0.4, -0.2) is 20.2 Å². The van der Waals surface area contributed by atoms with Crippen molar-refractivity contribution in [2.75, 3.05) is 14.2 Å². The van der Waals surface area contributed by atoms with Crippen molar-refractivity contribution < 1.29 is 4.74 Å². The van der Waals surface area contributed by atoms with Gasteiger partial charge in [0.1, 0.15) is 5.75 Å². The van der Waals surface area contributed by atoms with E-state index in [2.05, 4.69) is 37.5 Å². The van der Waals surface area contributed by atoms with Crippen LogP contribution < -0.4 is 10.1 Å². The van der Waals surface area contributed by atoms with Crippen LogP contribution in [0.5, 0.6) is 5.75 Å². The first-order chi connectivity index (χ1) is 8.28. The molecule has 0 aliphatic heterocycles. The molecule has 2 unspecified atom stereocenters. The summed E-state index contributed by atoms with van der Waals surface area (Å²) in [4.78, 5) is 0. The van der Waals surface area contributed by atoms with E-state index in [1.807, 2.05) is 0 Å². The number of hydrogen-bond donors (Lipinski definition) is 1. The Kier molecular flexibility index (Phi) is 4.06. The highest BCUT2D eigenvalue weighted by molar-refractivity contribution is 5.37. The van der Waals surface area contributed by atoms with E-state index in [0.29, 0.717) is 6.04 Å². The molecule has 17 heavy (non-hydrogen) atoms. The maximum atomic E-state index is 5.31. The van der Waals surface area contributed by atoms with Crippen LogP contribution in [0.1, 0.15) is 30.9 Å². The molecule has 0 spiro atoms. The molecule has 0 saturated carbocycles. The van der Waals surface area contributed by atoms with E-state index in [1.165, 1.54) is 36.8 Å². The highest BCUT2D eigenvalue weighted by atomic mass is 16.5. The number of ether oxygens (including phenoxy) is 1. The van der Waals surface area contributed by atoms with Gasteiger partial charge < -0.3 is 10.1 Å². The van der Waals surface area contributed by atoms with Gasteiger partial charge in [0.25, 0.3) is 0 Å². The lowest BCUT2D eigenvalue weighted by Gasteiger charge is -2.31. The number of aryl methyl sites for hydroxylation is 1. The third-order valence-corrected chi connectivity index (χ3v) is 4.06. The second-order valence-corrected chi connectivity index (χ2v) is 4.94. The smallest absolute Gasteiger partial charge is 0.119 e. The minimum Gasteiger partial charge on any atom is -0.497 e. The van der Waals surface area contributed by atoms with E-state index in [-0.39, 0.29) is 0 Å². The standard InChI is InChI=1S/C15H23NO/c1-4-15(16-2)12-6-5-11-7-8-14(17-3)10-13(11)9-12/h7-8,10,12,15-16H,4-6,9H2,1-3H3. The predicted molar refractivity (Wildman–Crippen MR) is 71.6 cm³/mol. The summed E-state index contributed by atoms with van der Waals surface area (Å²) in [6, 6.07) is 7.16. The predicted octanol–water partition coefficient (Wildman–Crippen LogP) is 2.80. The molecule has 94 valence electrons. The maximum absolute atomic E-state index is 5.31. The third-order valence-electron chi connectivity index (χ3n) is 4.06. The Balaban J connectivity index is 2.16. The van der Waals surface area contributed by atoms with Gasteiger partial charge in [0.2, 0.25) is 0 Å². The first-order valence-electron chi connectivity index (χ1n) is 6.61. The van der Waals surface area contributed by atoms with Gasteiger partial charge in [-0.3, -0.25) is 0 Å². The van der Waals surface area contributed by atoms with Crippen molar-refractivity contribution in [1.29, 1.82) is 0 Å². The monoisotopic (exact) mass is 233 g/mol. The van der Waals surface area contributed by atoms with E-state index in [4.69, 9.17) is 4.74 Å². The van der Waals surface area contributed by atoms with Gasteiger partial charge in [-0.15, -0.1) is 0 Å². The van der Waals surface area contributed by atoms with Gasteiger partial charge in [0, 0.05) is 6.04 Å². The molecule has 0 heterocycles. The van der Waals surface area contributed by atoms with Gasteiger partial charge >= 0.3 is 0 Å². The van der Waals surface area contributed by atoms with Gasteiger partial charge in [-0.25, -0.2) is 0 Å². The molecule has 2 heteroatoms. The molecule has 1 N–H and O–H groups in total. The summed E-state index contributed by atoms with van der Waals surface area (Å²) < 4.78 is 5.31. The lowest BCUT2D eigenvalue weighted by molar-refractivity contribution is 0.326. The molecular weight excluding hydrogens is 210 g/mol. The summed E-state index contributed by atoms with van der Waals surface area (Å²) >= 11 is 0. The van der Waals surface area contributed by atoms with Crippen LogP contribution in [0.3, 0.4) is 0 Å². The SMILES string of the molecule is CCC(NC)C1CCc2ccc(OC)cc2C1. The Morgan fingerprint density at radius 1 is 1.41 bits per heavy atom. The van der Waals surface area contributed by atoms with E-state index < -0.39 is 0 Å². The number of rotatable bonds is 4. The normalized spacial score (nSPS) is 20.8. The van der Waals surface area contributed by atoms with E-state index in [9.17, 15) is 0 Å². The first kappa shape index (κ1) is 12.4. The Labute approximate surface area is 104 Å². The second-order valence-electron chi connectivity index (χ2n) is 4.94. The average molecular weight is 233 g/mol. The van der Waals surface area contributed by atoms with Crippen molar-refractivity contribution in [2.45, 2.75) is 38.6 Å². The molecule has 1 aliphatic rings. The molecule has 0 saturated heterocycles. The summed E-state index contributed by atoms with van der Waals surface area (Å²) in [6.07, 6.45) is 4.91. The van der Waals surface area contributed by atoms with Gasteiger partial charge in [0.05, 0.1) is 7.11 Å². The highest BCUT2D eigenvalue weighted by Gasteiger charge is 2.24. The molecule has 1 aromatic rings. The topological polar surface area (TPSA) is 21.3 Å². The minimum atomic E-state index is 0.648. The molecule has 0 bridgehead atoms. The van der Waals surface area contributed by atoms with Gasteiger partial charge in [0.15, 0.2) is 0 Å². The van der Waals surface area contributed by atoms with E-state index in [0.717, 1.165) is 11.7 Å². The molecule has 2 nitrogen and oxygen atoms in total. The highest BCUT2D eigenvalue weighted by Crippen LogP contribution is 2.30. The summed E-state index contributed by atoms with van der Waals surface area (Å²) in [5, 5.41) is 3.45. The third kappa shape index (κ3) is 2.63.